The molecule has 4 nitrogen and oxygen atoms in total. The summed E-state index contributed by atoms with van der Waals surface area (Å²) in [6.45, 7) is 12.6. The molecule has 4 rings (SSSR count). The number of carbonyl (C=O) groups is 1. The summed E-state index contributed by atoms with van der Waals surface area (Å²) in [5, 5.41) is 3.87. The Morgan fingerprint density at radius 3 is 2.86 bits per heavy atom. The fraction of sp³-hybridized carbons (Fsp3) is 0.333. The Morgan fingerprint density at radius 1 is 1.34 bits per heavy atom. The number of halogens is 1. The predicted molar refractivity (Wildman–Crippen MR) is 119 cm³/mol. The van der Waals surface area contributed by atoms with Crippen LogP contribution in [-0.2, 0) is 11.2 Å². The molecule has 0 radical (unpaired) electrons. The third kappa shape index (κ3) is 3.36. The van der Waals surface area contributed by atoms with E-state index in [9.17, 15) is 4.79 Å². The summed E-state index contributed by atoms with van der Waals surface area (Å²) in [5.41, 5.74) is 7.56. The average molecular weight is 408 g/mol. The summed E-state index contributed by atoms with van der Waals surface area (Å²) < 4.78 is 0. The minimum Gasteiger partial charge on any atom is -0.349 e. The number of rotatable bonds is 4. The van der Waals surface area contributed by atoms with Crippen LogP contribution in [0.2, 0.25) is 5.02 Å². The standard InChI is InChI=1S/C24H26ClN3O/c1-5-23(29)27-21-8-6-7-18-20(21)12-26-13-22(18)28-15(4)17-10-9-16(25)11-19(17)24(28)14(2)3/h9-13,21,24H,2,4-8H2,1,3H3,(H,27,29)/t21-,24-/m0/s1. The number of fused-ring (bicyclic) bond motifs is 2. The van der Waals surface area contributed by atoms with Crippen molar-refractivity contribution in [2.75, 3.05) is 4.90 Å². The zero-order chi connectivity index (χ0) is 20.7. The summed E-state index contributed by atoms with van der Waals surface area (Å²) >= 11 is 6.30. The molecule has 2 heterocycles. The highest BCUT2D eigenvalue weighted by Crippen LogP contribution is 2.49. The number of anilines is 1. The van der Waals surface area contributed by atoms with E-state index in [2.05, 4.69) is 28.4 Å². The van der Waals surface area contributed by atoms with Gasteiger partial charge in [-0.3, -0.25) is 9.78 Å². The van der Waals surface area contributed by atoms with Crippen LogP contribution >= 0.6 is 11.6 Å². The van der Waals surface area contributed by atoms with Gasteiger partial charge in [-0.2, -0.15) is 0 Å². The van der Waals surface area contributed by atoms with Crippen LogP contribution in [0.5, 0.6) is 0 Å². The molecule has 1 aromatic carbocycles. The normalized spacial score (nSPS) is 20.2. The molecule has 2 aromatic rings. The predicted octanol–water partition coefficient (Wildman–Crippen LogP) is 5.75. The second-order valence-corrected chi connectivity index (χ2v) is 8.33. The van der Waals surface area contributed by atoms with Crippen LogP contribution in [0, 0.1) is 0 Å². The summed E-state index contributed by atoms with van der Waals surface area (Å²) in [6, 6.07) is 5.92. The number of nitrogens with one attached hydrogen (secondary N) is 1. The van der Waals surface area contributed by atoms with Gasteiger partial charge in [0.25, 0.3) is 0 Å². The second kappa shape index (κ2) is 7.68. The summed E-state index contributed by atoms with van der Waals surface area (Å²) in [6.07, 6.45) is 7.21. The average Bonchev–Trinajstić information content (AvgIpc) is 2.99. The SMILES string of the molecule is C=C(C)[C@H]1c2cc(Cl)ccc2C(=C)N1c1cncc2c1CCC[C@@H]2NC(=O)CC. The zero-order valence-electron chi connectivity index (χ0n) is 17.0. The number of amides is 1. The van der Waals surface area contributed by atoms with Gasteiger partial charge in [-0.25, -0.2) is 0 Å². The maximum absolute atomic E-state index is 12.0. The smallest absolute Gasteiger partial charge is 0.220 e. The van der Waals surface area contributed by atoms with E-state index < -0.39 is 0 Å². The van der Waals surface area contributed by atoms with Crippen LogP contribution in [-0.4, -0.2) is 10.9 Å². The molecule has 0 unspecified atom stereocenters. The molecule has 0 saturated heterocycles. The molecule has 1 aromatic heterocycles. The number of aromatic nitrogens is 1. The highest BCUT2D eigenvalue weighted by molar-refractivity contribution is 6.30. The van der Waals surface area contributed by atoms with E-state index in [-0.39, 0.29) is 18.0 Å². The molecule has 1 N–H and O–H groups in total. The van der Waals surface area contributed by atoms with Crippen molar-refractivity contribution in [2.24, 2.45) is 0 Å². The topological polar surface area (TPSA) is 45.2 Å². The lowest BCUT2D eigenvalue weighted by Gasteiger charge is -2.34. The van der Waals surface area contributed by atoms with E-state index in [1.165, 1.54) is 5.56 Å². The third-order valence-electron chi connectivity index (χ3n) is 5.91. The van der Waals surface area contributed by atoms with Gasteiger partial charge in [0.15, 0.2) is 0 Å². The van der Waals surface area contributed by atoms with E-state index in [0.717, 1.165) is 52.9 Å². The first-order valence-electron chi connectivity index (χ1n) is 10.1. The van der Waals surface area contributed by atoms with E-state index >= 15 is 0 Å². The molecule has 1 aliphatic heterocycles. The highest BCUT2D eigenvalue weighted by atomic mass is 35.5. The molecule has 2 atom stereocenters. The van der Waals surface area contributed by atoms with Gasteiger partial charge in [-0.15, -0.1) is 0 Å². The zero-order valence-corrected chi connectivity index (χ0v) is 17.7. The van der Waals surface area contributed by atoms with Crippen LogP contribution in [0.1, 0.15) is 67.4 Å². The van der Waals surface area contributed by atoms with Gasteiger partial charge in [0, 0.05) is 28.9 Å². The molecule has 2 aliphatic rings. The maximum atomic E-state index is 12.0. The molecular weight excluding hydrogens is 382 g/mol. The van der Waals surface area contributed by atoms with E-state index in [4.69, 9.17) is 11.6 Å². The monoisotopic (exact) mass is 407 g/mol. The lowest BCUT2D eigenvalue weighted by Crippen LogP contribution is -2.31. The second-order valence-electron chi connectivity index (χ2n) is 7.89. The minimum absolute atomic E-state index is 0.00890. The first-order chi connectivity index (χ1) is 13.9. The first-order valence-corrected chi connectivity index (χ1v) is 10.5. The molecule has 0 saturated carbocycles. The van der Waals surface area contributed by atoms with E-state index in [1.54, 1.807) is 0 Å². The minimum atomic E-state index is -0.0323. The van der Waals surface area contributed by atoms with Crippen molar-refractivity contribution in [3.8, 4) is 0 Å². The van der Waals surface area contributed by atoms with Gasteiger partial charge in [0.1, 0.15) is 0 Å². The molecule has 1 amide bonds. The summed E-state index contributed by atoms with van der Waals surface area (Å²) in [7, 11) is 0. The molecule has 5 heteroatoms. The molecule has 0 fully saturated rings. The van der Waals surface area contributed by atoms with E-state index in [1.807, 2.05) is 44.4 Å². The van der Waals surface area contributed by atoms with Crippen molar-refractivity contribution in [1.82, 2.24) is 10.3 Å². The van der Waals surface area contributed by atoms with Crippen molar-refractivity contribution in [1.29, 1.82) is 0 Å². The van der Waals surface area contributed by atoms with Gasteiger partial charge in [0.05, 0.1) is 24.0 Å². The molecular formula is C24H26ClN3O. The van der Waals surface area contributed by atoms with Crippen LogP contribution < -0.4 is 10.2 Å². The van der Waals surface area contributed by atoms with Gasteiger partial charge < -0.3 is 10.2 Å². The Kier molecular flexibility index (Phi) is 5.22. The van der Waals surface area contributed by atoms with Crippen molar-refractivity contribution in [3.63, 3.8) is 0 Å². The Morgan fingerprint density at radius 2 is 2.14 bits per heavy atom. The highest BCUT2D eigenvalue weighted by Gasteiger charge is 2.37. The number of nitrogens with zero attached hydrogens (tertiary/aromatic N) is 2. The fourth-order valence-electron chi connectivity index (χ4n) is 4.57. The molecule has 0 spiro atoms. The van der Waals surface area contributed by atoms with Crippen LogP contribution in [0.25, 0.3) is 5.70 Å². The Balaban J connectivity index is 1.81. The summed E-state index contributed by atoms with van der Waals surface area (Å²) in [4.78, 5) is 18.8. The van der Waals surface area contributed by atoms with Crippen LogP contribution in [0.15, 0.2) is 49.3 Å². The van der Waals surface area contributed by atoms with E-state index in [0.29, 0.717) is 11.4 Å². The molecule has 0 bridgehead atoms. The molecule has 150 valence electrons. The van der Waals surface area contributed by atoms with Crippen molar-refractivity contribution < 1.29 is 4.79 Å². The molecule has 29 heavy (non-hydrogen) atoms. The number of pyridine rings is 1. The van der Waals surface area contributed by atoms with Crippen molar-refractivity contribution in [2.45, 2.75) is 51.6 Å². The lowest BCUT2D eigenvalue weighted by atomic mass is 9.87. The maximum Gasteiger partial charge on any atom is 0.220 e. The number of benzene rings is 1. The van der Waals surface area contributed by atoms with Gasteiger partial charge >= 0.3 is 0 Å². The Labute approximate surface area is 177 Å². The first kappa shape index (κ1) is 19.7. The van der Waals surface area contributed by atoms with Gasteiger partial charge in [-0.05, 0) is 55.0 Å². The number of carbonyl (C=O) groups excluding carboxylic acids is 1. The number of hydrogen-bond donors (Lipinski definition) is 1. The molecule has 1 aliphatic carbocycles. The Hall–Kier alpha value is -2.59. The van der Waals surface area contributed by atoms with Gasteiger partial charge in [-0.1, -0.05) is 43.3 Å². The summed E-state index contributed by atoms with van der Waals surface area (Å²) in [5.74, 6) is 0.0701. The van der Waals surface area contributed by atoms with Crippen LogP contribution in [0.4, 0.5) is 5.69 Å². The van der Waals surface area contributed by atoms with Crippen molar-refractivity contribution >= 4 is 28.9 Å². The quantitative estimate of drug-likeness (QED) is 0.656. The third-order valence-corrected chi connectivity index (χ3v) is 6.15. The Bertz CT molecular complexity index is 1010. The number of hydrogen-bond acceptors (Lipinski definition) is 3. The fourth-order valence-corrected chi connectivity index (χ4v) is 4.76. The van der Waals surface area contributed by atoms with Gasteiger partial charge in [0.2, 0.25) is 5.91 Å². The lowest BCUT2D eigenvalue weighted by molar-refractivity contribution is -0.121. The van der Waals surface area contributed by atoms with Crippen LogP contribution in [0.3, 0.4) is 0 Å². The largest absolute Gasteiger partial charge is 0.349 e. The van der Waals surface area contributed by atoms with Crippen molar-refractivity contribution in [3.05, 3.63) is 76.6 Å².